The zero-order valence-electron chi connectivity index (χ0n) is 16.3. The first kappa shape index (κ1) is 20.3. The van der Waals surface area contributed by atoms with Gasteiger partial charge in [0.05, 0.1) is 0 Å². The third-order valence-electron chi connectivity index (χ3n) is 4.51. The molecule has 0 fully saturated rings. The van der Waals surface area contributed by atoms with Crippen LogP contribution >= 0.6 is 0 Å². The van der Waals surface area contributed by atoms with Gasteiger partial charge < -0.3 is 15.2 Å². The quantitative estimate of drug-likeness (QED) is 0.647. The second-order valence-corrected chi connectivity index (χ2v) is 6.90. The molecule has 0 radical (unpaired) electrons. The number of benzene rings is 2. The molecule has 0 spiro atoms. The van der Waals surface area contributed by atoms with Crippen molar-refractivity contribution in [1.82, 2.24) is 20.2 Å². The Morgan fingerprint density at radius 1 is 1.10 bits per heavy atom. The molecule has 29 heavy (non-hydrogen) atoms. The maximum atomic E-state index is 13.7. The summed E-state index contributed by atoms with van der Waals surface area (Å²) in [5, 5.41) is 5.72. The van der Waals surface area contributed by atoms with Crippen LogP contribution in [0, 0.1) is 5.82 Å². The molecule has 6 nitrogen and oxygen atoms in total. The van der Waals surface area contributed by atoms with Crippen molar-refractivity contribution in [2.45, 2.75) is 25.4 Å². The molecule has 0 aliphatic heterocycles. The molecule has 0 saturated carbocycles. The summed E-state index contributed by atoms with van der Waals surface area (Å²) in [5.41, 5.74) is 1.12. The summed E-state index contributed by atoms with van der Waals surface area (Å²) in [5.74, 6) is -0.316. The Hall–Kier alpha value is -3.48. The van der Waals surface area contributed by atoms with Crippen LogP contribution in [0.4, 0.5) is 4.39 Å². The molecule has 2 unspecified atom stereocenters. The standard InChI is InChI=1S/C22H23FN4O2/c1-15(25-22(29)16-7-4-3-5-8-16)13-19(28)26-20(21-24-11-12-27(21)2)17-9-6-10-18(23)14-17/h3-12,14-15,20H,13H2,1-2H3,(H,25,29)(H,26,28). The smallest absolute Gasteiger partial charge is 0.251 e. The van der Waals surface area contributed by atoms with Crippen molar-refractivity contribution >= 4 is 11.8 Å². The highest BCUT2D eigenvalue weighted by molar-refractivity contribution is 5.94. The van der Waals surface area contributed by atoms with Crippen LogP contribution in [0.2, 0.25) is 0 Å². The van der Waals surface area contributed by atoms with Gasteiger partial charge >= 0.3 is 0 Å². The van der Waals surface area contributed by atoms with Crippen LogP contribution in [-0.2, 0) is 11.8 Å². The number of hydrogen-bond donors (Lipinski definition) is 2. The lowest BCUT2D eigenvalue weighted by Crippen LogP contribution is -2.39. The van der Waals surface area contributed by atoms with Gasteiger partial charge in [0.25, 0.3) is 5.91 Å². The van der Waals surface area contributed by atoms with Gasteiger partial charge in [-0.25, -0.2) is 9.37 Å². The Bertz CT molecular complexity index is 987. The van der Waals surface area contributed by atoms with E-state index in [1.165, 1.54) is 12.1 Å². The van der Waals surface area contributed by atoms with Crippen LogP contribution in [0.25, 0.3) is 0 Å². The minimum absolute atomic E-state index is 0.0782. The Kier molecular flexibility index (Phi) is 6.39. The minimum Gasteiger partial charge on any atom is -0.349 e. The molecule has 2 N–H and O–H groups in total. The number of nitrogens with zero attached hydrogens (tertiary/aromatic N) is 2. The van der Waals surface area contributed by atoms with E-state index in [1.807, 2.05) is 13.1 Å². The van der Waals surface area contributed by atoms with Crippen LogP contribution in [0.3, 0.4) is 0 Å². The number of rotatable bonds is 7. The summed E-state index contributed by atoms with van der Waals surface area (Å²) in [7, 11) is 1.81. The lowest BCUT2D eigenvalue weighted by molar-refractivity contribution is -0.122. The molecular formula is C22H23FN4O2. The first-order chi connectivity index (χ1) is 13.9. The van der Waals surface area contributed by atoms with E-state index in [0.29, 0.717) is 17.0 Å². The number of carbonyl (C=O) groups excluding carboxylic acids is 2. The average Bonchev–Trinajstić information content (AvgIpc) is 3.12. The number of imidazole rings is 1. The van der Waals surface area contributed by atoms with Crippen molar-refractivity contribution in [3.63, 3.8) is 0 Å². The summed E-state index contributed by atoms with van der Waals surface area (Å²) in [6.07, 6.45) is 3.46. The van der Waals surface area contributed by atoms with E-state index in [0.717, 1.165) is 0 Å². The van der Waals surface area contributed by atoms with E-state index in [1.54, 1.807) is 60.3 Å². The van der Waals surface area contributed by atoms with Gasteiger partial charge in [-0.05, 0) is 36.8 Å². The molecule has 2 atom stereocenters. The molecule has 0 aliphatic rings. The topological polar surface area (TPSA) is 76.0 Å². The zero-order chi connectivity index (χ0) is 20.8. The third-order valence-corrected chi connectivity index (χ3v) is 4.51. The lowest BCUT2D eigenvalue weighted by atomic mass is 10.1. The van der Waals surface area contributed by atoms with Gasteiger partial charge in [-0.1, -0.05) is 30.3 Å². The molecule has 2 amide bonds. The molecule has 7 heteroatoms. The van der Waals surface area contributed by atoms with Crippen LogP contribution in [0.15, 0.2) is 67.0 Å². The SMILES string of the molecule is CC(CC(=O)NC(c1cccc(F)c1)c1nccn1C)NC(=O)c1ccccc1. The highest BCUT2D eigenvalue weighted by atomic mass is 19.1. The largest absolute Gasteiger partial charge is 0.349 e. The third kappa shape index (κ3) is 5.28. The van der Waals surface area contributed by atoms with Crippen molar-refractivity contribution in [2.24, 2.45) is 7.05 Å². The van der Waals surface area contributed by atoms with Crippen molar-refractivity contribution in [1.29, 1.82) is 0 Å². The first-order valence-electron chi connectivity index (χ1n) is 9.32. The van der Waals surface area contributed by atoms with E-state index < -0.39 is 6.04 Å². The maximum absolute atomic E-state index is 13.7. The van der Waals surface area contributed by atoms with Gasteiger partial charge in [0.2, 0.25) is 5.91 Å². The Morgan fingerprint density at radius 3 is 2.52 bits per heavy atom. The average molecular weight is 394 g/mol. The summed E-state index contributed by atoms with van der Waals surface area (Å²) in [6, 6.07) is 13.9. The molecule has 2 aromatic carbocycles. The van der Waals surface area contributed by atoms with Crippen LogP contribution < -0.4 is 10.6 Å². The fourth-order valence-corrected chi connectivity index (χ4v) is 3.08. The highest BCUT2D eigenvalue weighted by Gasteiger charge is 2.22. The van der Waals surface area contributed by atoms with Gasteiger partial charge in [-0.15, -0.1) is 0 Å². The molecule has 0 saturated heterocycles. The van der Waals surface area contributed by atoms with E-state index in [2.05, 4.69) is 15.6 Å². The number of halogens is 1. The Balaban J connectivity index is 1.68. The number of aryl methyl sites for hydroxylation is 1. The van der Waals surface area contributed by atoms with E-state index in [-0.39, 0.29) is 30.1 Å². The summed E-state index contributed by atoms with van der Waals surface area (Å²) >= 11 is 0. The van der Waals surface area contributed by atoms with E-state index >= 15 is 0 Å². The number of nitrogens with one attached hydrogen (secondary N) is 2. The number of carbonyl (C=O) groups is 2. The molecule has 150 valence electrons. The maximum Gasteiger partial charge on any atom is 0.251 e. The first-order valence-corrected chi connectivity index (χ1v) is 9.32. The molecule has 1 aromatic heterocycles. The van der Waals surface area contributed by atoms with Crippen LogP contribution in [0.1, 0.15) is 41.1 Å². The van der Waals surface area contributed by atoms with Gasteiger partial charge in [0.15, 0.2) is 0 Å². The molecule has 0 bridgehead atoms. The fraction of sp³-hybridized carbons (Fsp3) is 0.227. The van der Waals surface area contributed by atoms with Crippen LogP contribution in [-0.4, -0.2) is 27.4 Å². The van der Waals surface area contributed by atoms with Gasteiger partial charge in [-0.3, -0.25) is 9.59 Å². The van der Waals surface area contributed by atoms with Gasteiger partial charge in [0, 0.05) is 37.5 Å². The lowest BCUT2D eigenvalue weighted by Gasteiger charge is -2.21. The highest BCUT2D eigenvalue weighted by Crippen LogP contribution is 2.21. The van der Waals surface area contributed by atoms with Crippen molar-refractivity contribution in [3.05, 3.63) is 89.8 Å². The zero-order valence-corrected chi connectivity index (χ0v) is 16.3. The second kappa shape index (κ2) is 9.14. The summed E-state index contributed by atoms with van der Waals surface area (Å²) in [6.45, 7) is 1.76. The van der Waals surface area contributed by atoms with Gasteiger partial charge in [0.1, 0.15) is 17.7 Å². The van der Waals surface area contributed by atoms with Crippen molar-refractivity contribution in [3.8, 4) is 0 Å². The van der Waals surface area contributed by atoms with Gasteiger partial charge in [-0.2, -0.15) is 0 Å². The van der Waals surface area contributed by atoms with Crippen molar-refractivity contribution in [2.75, 3.05) is 0 Å². The second-order valence-electron chi connectivity index (χ2n) is 6.90. The monoisotopic (exact) mass is 394 g/mol. The van der Waals surface area contributed by atoms with E-state index in [9.17, 15) is 14.0 Å². The molecule has 3 rings (SSSR count). The number of amides is 2. The van der Waals surface area contributed by atoms with Crippen molar-refractivity contribution < 1.29 is 14.0 Å². The summed E-state index contributed by atoms with van der Waals surface area (Å²) < 4.78 is 15.5. The number of aromatic nitrogens is 2. The van der Waals surface area contributed by atoms with Crippen LogP contribution in [0.5, 0.6) is 0 Å². The molecular weight excluding hydrogens is 371 g/mol. The van der Waals surface area contributed by atoms with E-state index in [4.69, 9.17) is 0 Å². The molecule has 0 aliphatic carbocycles. The fourth-order valence-electron chi connectivity index (χ4n) is 3.08. The molecule has 3 aromatic rings. The Labute approximate surface area is 168 Å². The predicted octanol–water partition coefficient (Wildman–Crippen LogP) is 2.97. The summed E-state index contributed by atoms with van der Waals surface area (Å²) in [4.78, 5) is 29.2. The normalized spacial score (nSPS) is 12.8. The number of hydrogen-bond acceptors (Lipinski definition) is 3. The Morgan fingerprint density at radius 2 is 1.86 bits per heavy atom. The minimum atomic E-state index is -0.602. The predicted molar refractivity (Wildman–Crippen MR) is 108 cm³/mol. The molecule has 1 heterocycles.